The van der Waals surface area contributed by atoms with Gasteiger partial charge in [0.05, 0.1) is 6.10 Å². The molecule has 0 radical (unpaired) electrons. The van der Waals surface area contributed by atoms with Crippen molar-refractivity contribution < 1.29 is 5.11 Å². The first-order valence-corrected chi connectivity index (χ1v) is 12.9. The fraction of sp³-hybridized carbons (Fsp3) is 1.00. The molecule has 0 aromatic carbocycles. The molecule has 0 saturated heterocycles. The highest BCUT2D eigenvalue weighted by Gasteiger charge is 2.82. The topological polar surface area (TPSA) is 35.5 Å². The summed E-state index contributed by atoms with van der Waals surface area (Å²) in [6.07, 6.45) is 10.7. The third-order valence-corrected chi connectivity index (χ3v) is 12.8. The van der Waals surface area contributed by atoms with E-state index in [1.165, 1.54) is 44.9 Å². The van der Waals surface area contributed by atoms with E-state index in [2.05, 4.69) is 66.0 Å². The number of nitrogens with one attached hydrogen (secondary N) is 1. The zero-order chi connectivity index (χ0) is 21.9. The fourth-order valence-electron chi connectivity index (χ4n) is 11.4. The Labute approximate surface area is 185 Å². The van der Waals surface area contributed by atoms with Crippen LogP contribution in [0.1, 0.15) is 86.0 Å². The maximum atomic E-state index is 11.3. The largest absolute Gasteiger partial charge is 0.393 e. The van der Waals surface area contributed by atoms with Crippen molar-refractivity contribution in [1.82, 2.24) is 10.2 Å². The van der Waals surface area contributed by atoms with Crippen molar-refractivity contribution in [2.75, 3.05) is 21.1 Å². The highest BCUT2D eigenvalue weighted by molar-refractivity contribution is 5.31. The molecule has 5 aliphatic carbocycles. The Morgan fingerprint density at radius 2 is 1.53 bits per heavy atom. The van der Waals surface area contributed by atoms with Gasteiger partial charge in [-0.3, -0.25) is 0 Å². The number of hydrogen-bond donors (Lipinski definition) is 2. The lowest BCUT2D eigenvalue weighted by Gasteiger charge is -2.64. The molecule has 30 heavy (non-hydrogen) atoms. The molecule has 5 saturated carbocycles. The van der Waals surface area contributed by atoms with E-state index in [-0.39, 0.29) is 16.9 Å². The molecule has 2 spiro atoms. The van der Waals surface area contributed by atoms with Gasteiger partial charge in [0.25, 0.3) is 0 Å². The van der Waals surface area contributed by atoms with Gasteiger partial charge in [-0.25, -0.2) is 0 Å². The Kier molecular flexibility index (Phi) is 4.53. The van der Waals surface area contributed by atoms with Gasteiger partial charge >= 0.3 is 0 Å². The summed E-state index contributed by atoms with van der Waals surface area (Å²) in [4.78, 5) is 2.52. The summed E-state index contributed by atoms with van der Waals surface area (Å²) < 4.78 is 0. The Hall–Kier alpha value is -0.120. The molecule has 3 nitrogen and oxygen atoms in total. The molecule has 172 valence electrons. The summed E-state index contributed by atoms with van der Waals surface area (Å²) in [5.41, 5.74) is 2.15. The van der Waals surface area contributed by atoms with Gasteiger partial charge in [0.15, 0.2) is 0 Å². The summed E-state index contributed by atoms with van der Waals surface area (Å²) in [5.74, 6) is 2.09. The average Bonchev–Trinajstić information content (AvgIpc) is 3.26. The second-order valence-electron chi connectivity index (χ2n) is 13.7. The minimum atomic E-state index is -0.147. The van der Waals surface area contributed by atoms with E-state index >= 15 is 0 Å². The molecule has 0 aromatic rings. The van der Waals surface area contributed by atoms with E-state index in [9.17, 15) is 5.11 Å². The number of aliphatic hydroxyl groups is 1. The molecule has 2 N–H and O–H groups in total. The van der Waals surface area contributed by atoms with Crippen LogP contribution in [0, 0.1) is 44.8 Å². The van der Waals surface area contributed by atoms with E-state index in [4.69, 9.17) is 0 Å². The molecular formula is C27H48N2O. The van der Waals surface area contributed by atoms with Crippen molar-refractivity contribution in [3.63, 3.8) is 0 Å². The minimum absolute atomic E-state index is 0.147. The second kappa shape index (κ2) is 6.26. The third-order valence-electron chi connectivity index (χ3n) is 12.8. The van der Waals surface area contributed by atoms with E-state index in [1.807, 2.05) is 0 Å². The lowest BCUT2D eigenvalue weighted by molar-refractivity contribution is -0.150. The SMILES string of the molecule is CN[C@H](C)[C@H]1[C@H](O)C[C@@]2(C)[C@H]3CC[C@H]4C(C)(C)[C@@H](N(C)C)CC[C@@]45C[C@@]35CC[C@]12C. The number of nitrogens with zero attached hydrogens (tertiary/aromatic N) is 1. The summed E-state index contributed by atoms with van der Waals surface area (Å²) in [7, 11) is 6.68. The van der Waals surface area contributed by atoms with Gasteiger partial charge in [0.1, 0.15) is 0 Å². The standard InChI is InChI=1S/C27H48N2O/c1-17(28-6)22-18(30)15-25(5)20-10-9-19-23(2,3)21(29(7)8)11-12-26(19)16-27(20,26)14-13-24(22,25)4/h17-22,28,30H,9-16H2,1-8H3/t17-,18-,19+,20-,21+,22+,24-,25+,26-,27+/m1/s1. The molecule has 5 fully saturated rings. The van der Waals surface area contributed by atoms with Crippen molar-refractivity contribution in [3.05, 3.63) is 0 Å². The van der Waals surface area contributed by atoms with Crippen LogP contribution in [0.25, 0.3) is 0 Å². The molecule has 0 heterocycles. The first-order chi connectivity index (χ1) is 13.9. The molecule has 5 rings (SSSR count). The van der Waals surface area contributed by atoms with Gasteiger partial charge in [-0.1, -0.05) is 27.7 Å². The molecular weight excluding hydrogens is 368 g/mol. The maximum Gasteiger partial charge on any atom is 0.0594 e. The number of fused-ring (bicyclic) bond motifs is 2. The molecule has 5 aliphatic rings. The Morgan fingerprint density at radius 1 is 0.900 bits per heavy atom. The summed E-state index contributed by atoms with van der Waals surface area (Å²) in [6, 6.07) is 1.11. The number of hydrogen-bond acceptors (Lipinski definition) is 3. The average molecular weight is 417 g/mol. The van der Waals surface area contributed by atoms with Gasteiger partial charge in [0, 0.05) is 18.0 Å². The van der Waals surface area contributed by atoms with Crippen LogP contribution in [0.15, 0.2) is 0 Å². The molecule has 0 unspecified atom stereocenters. The van der Waals surface area contributed by atoms with Crippen LogP contribution in [0.3, 0.4) is 0 Å². The molecule has 0 bridgehead atoms. The van der Waals surface area contributed by atoms with Crippen molar-refractivity contribution in [2.45, 2.75) is 104 Å². The van der Waals surface area contributed by atoms with Gasteiger partial charge < -0.3 is 15.3 Å². The molecule has 0 amide bonds. The molecule has 3 heteroatoms. The van der Waals surface area contributed by atoms with E-state index in [1.54, 1.807) is 0 Å². The minimum Gasteiger partial charge on any atom is -0.393 e. The van der Waals surface area contributed by atoms with E-state index < -0.39 is 0 Å². The zero-order valence-electron chi connectivity index (χ0n) is 21.0. The van der Waals surface area contributed by atoms with Crippen LogP contribution in [0.5, 0.6) is 0 Å². The monoisotopic (exact) mass is 416 g/mol. The number of aliphatic hydroxyl groups excluding tert-OH is 1. The van der Waals surface area contributed by atoms with Gasteiger partial charge in [-0.15, -0.1) is 0 Å². The number of rotatable bonds is 3. The van der Waals surface area contributed by atoms with Crippen molar-refractivity contribution in [1.29, 1.82) is 0 Å². The van der Waals surface area contributed by atoms with Crippen LogP contribution in [0.4, 0.5) is 0 Å². The van der Waals surface area contributed by atoms with Crippen molar-refractivity contribution >= 4 is 0 Å². The highest BCUT2D eigenvalue weighted by atomic mass is 16.3. The Bertz CT molecular complexity index is 720. The lowest BCUT2D eigenvalue weighted by Crippen LogP contribution is -2.59. The second-order valence-corrected chi connectivity index (χ2v) is 13.7. The molecule has 10 atom stereocenters. The smallest absolute Gasteiger partial charge is 0.0594 e. The highest BCUT2D eigenvalue weighted by Crippen LogP contribution is 2.89. The van der Waals surface area contributed by atoms with Crippen LogP contribution in [-0.2, 0) is 0 Å². The Balaban J connectivity index is 1.51. The van der Waals surface area contributed by atoms with Gasteiger partial charge in [-0.2, -0.15) is 0 Å². The maximum absolute atomic E-state index is 11.3. The first kappa shape index (κ1) is 21.7. The van der Waals surface area contributed by atoms with Crippen LogP contribution in [0.2, 0.25) is 0 Å². The fourth-order valence-corrected chi connectivity index (χ4v) is 11.4. The van der Waals surface area contributed by atoms with Gasteiger partial charge in [-0.05, 0) is 118 Å². The third kappa shape index (κ3) is 2.24. The Morgan fingerprint density at radius 3 is 2.17 bits per heavy atom. The normalized spacial score (nSPS) is 57.2. The van der Waals surface area contributed by atoms with Crippen molar-refractivity contribution in [2.24, 2.45) is 44.8 Å². The zero-order valence-corrected chi connectivity index (χ0v) is 21.0. The quantitative estimate of drug-likeness (QED) is 0.684. The summed E-state index contributed by atoms with van der Waals surface area (Å²) in [6.45, 7) is 12.6. The predicted octanol–water partition coefficient (Wildman–Crippen LogP) is 4.93. The molecule has 0 aliphatic heterocycles. The van der Waals surface area contributed by atoms with Crippen LogP contribution < -0.4 is 5.32 Å². The summed E-state index contributed by atoms with van der Waals surface area (Å²) >= 11 is 0. The lowest BCUT2D eigenvalue weighted by atomic mass is 9.41. The van der Waals surface area contributed by atoms with E-state index in [0.717, 1.165) is 24.3 Å². The van der Waals surface area contributed by atoms with Gasteiger partial charge in [0.2, 0.25) is 0 Å². The molecule has 0 aromatic heterocycles. The first-order valence-electron chi connectivity index (χ1n) is 12.9. The van der Waals surface area contributed by atoms with E-state index in [0.29, 0.717) is 28.2 Å². The van der Waals surface area contributed by atoms with Crippen molar-refractivity contribution in [3.8, 4) is 0 Å². The van der Waals surface area contributed by atoms with Crippen LogP contribution >= 0.6 is 0 Å². The predicted molar refractivity (Wildman–Crippen MR) is 124 cm³/mol. The summed E-state index contributed by atoms with van der Waals surface area (Å²) in [5, 5.41) is 14.8. The van der Waals surface area contributed by atoms with Crippen LogP contribution in [-0.4, -0.2) is 49.3 Å².